The second kappa shape index (κ2) is 7.08. The van der Waals surface area contributed by atoms with Crippen LogP contribution in [0.1, 0.15) is 29.9 Å². The SMILES string of the molecule is CC(C)N(C)CCNC(=O)c1ccc(CN)cn1. The zero-order valence-corrected chi connectivity index (χ0v) is 11.3. The molecule has 0 aliphatic heterocycles. The second-order valence-corrected chi connectivity index (χ2v) is 4.59. The predicted octanol–water partition coefficient (Wildman–Crippen LogP) is 0.610. The highest BCUT2D eigenvalue weighted by molar-refractivity contribution is 5.92. The van der Waals surface area contributed by atoms with Crippen LogP contribution in [0.15, 0.2) is 18.3 Å². The number of hydrogen-bond acceptors (Lipinski definition) is 4. The van der Waals surface area contributed by atoms with Gasteiger partial charge in [0, 0.05) is 31.9 Å². The van der Waals surface area contributed by atoms with E-state index in [1.54, 1.807) is 12.3 Å². The van der Waals surface area contributed by atoms with Gasteiger partial charge in [0.1, 0.15) is 5.69 Å². The van der Waals surface area contributed by atoms with Crippen LogP contribution >= 0.6 is 0 Å². The van der Waals surface area contributed by atoms with Crippen molar-refractivity contribution in [3.63, 3.8) is 0 Å². The van der Waals surface area contributed by atoms with Gasteiger partial charge in [0.05, 0.1) is 0 Å². The van der Waals surface area contributed by atoms with Crippen LogP contribution in [0.25, 0.3) is 0 Å². The zero-order valence-electron chi connectivity index (χ0n) is 11.3. The molecule has 0 aliphatic carbocycles. The fraction of sp³-hybridized carbons (Fsp3) is 0.538. The molecule has 1 rings (SSSR count). The molecule has 0 unspecified atom stereocenters. The van der Waals surface area contributed by atoms with Crippen LogP contribution in [0, 0.1) is 0 Å². The molecule has 0 atom stereocenters. The van der Waals surface area contributed by atoms with E-state index < -0.39 is 0 Å². The van der Waals surface area contributed by atoms with Crippen LogP contribution in [-0.4, -0.2) is 42.0 Å². The first-order valence-electron chi connectivity index (χ1n) is 6.18. The molecule has 3 N–H and O–H groups in total. The van der Waals surface area contributed by atoms with Gasteiger partial charge in [-0.15, -0.1) is 0 Å². The number of aromatic nitrogens is 1. The van der Waals surface area contributed by atoms with Gasteiger partial charge in [0.2, 0.25) is 0 Å². The van der Waals surface area contributed by atoms with Crippen molar-refractivity contribution < 1.29 is 4.79 Å². The maximum absolute atomic E-state index is 11.8. The highest BCUT2D eigenvalue weighted by atomic mass is 16.1. The molecule has 5 heteroatoms. The van der Waals surface area contributed by atoms with Gasteiger partial charge in [-0.05, 0) is 32.5 Å². The maximum Gasteiger partial charge on any atom is 0.269 e. The Labute approximate surface area is 108 Å². The Morgan fingerprint density at radius 1 is 1.50 bits per heavy atom. The van der Waals surface area contributed by atoms with Crippen LogP contribution < -0.4 is 11.1 Å². The normalized spacial score (nSPS) is 11.0. The molecule has 0 bridgehead atoms. The molecule has 1 aromatic rings. The van der Waals surface area contributed by atoms with Crippen molar-refractivity contribution in [3.05, 3.63) is 29.6 Å². The summed E-state index contributed by atoms with van der Waals surface area (Å²) in [7, 11) is 2.03. The molecule has 100 valence electrons. The minimum atomic E-state index is -0.143. The van der Waals surface area contributed by atoms with Crippen molar-refractivity contribution in [2.45, 2.75) is 26.4 Å². The van der Waals surface area contributed by atoms with Gasteiger partial charge in [0.15, 0.2) is 0 Å². The summed E-state index contributed by atoms with van der Waals surface area (Å²) < 4.78 is 0. The molecule has 0 saturated carbocycles. The monoisotopic (exact) mass is 250 g/mol. The Balaban J connectivity index is 2.40. The van der Waals surface area contributed by atoms with Crippen LogP contribution in [0.4, 0.5) is 0 Å². The van der Waals surface area contributed by atoms with Crippen LogP contribution in [0.5, 0.6) is 0 Å². The van der Waals surface area contributed by atoms with Crippen LogP contribution in [0.3, 0.4) is 0 Å². The number of amides is 1. The van der Waals surface area contributed by atoms with Crippen molar-refractivity contribution in [1.82, 2.24) is 15.2 Å². The molecular weight excluding hydrogens is 228 g/mol. The number of nitrogens with zero attached hydrogens (tertiary/aromatic N) is 2. The summed E-state index contributed by atoms with van der Waals surface area (Å²) in [6, 6.07) is 4.00. The number of carbonyl (C=O) groups is 1. The summed E-state index contributed by atoms with van der Waals surface area (Å²) >= 11 is 0. The standard InChI is InChI=1S/C13H22N4O/c1-10(2)17(3)7-6-15-13(18)12-5-4-11(8-14)9-16-12/h4-5,9-10H,6-8,14H2,1-3H3,(H,15,18). The Morgan fingerprint density at radius 3 is 2.72 bits per heavy atom. The van der Waals surface area contributed by atoms with E-state index in [4.69, 9.17) is 5.73 Å². The van der Waals surface area contributed by atoms with Crippen molar-refractivity contribution >= 4 is 5.91 Å². The lowest BCUT2D eigenvalue weighted by Gasteiger charge is -2.20. The lowest BCUT2D eigenvalue weighted by atomic mass is 10.2. The molecule has 5 nitrogen and oxygen atoms in total. The maximum atomic E-state index is 11.8. The summed E-state index contributed by atoms with van der Waals surface area (Å²) in [5.41, 5.74) is 6.82. The first kappa shape index (κ1) is 14.6. The topological polar surface area (TPSA) is 71.2 Å². The third kappa shape index (κ3) is 4.43. The fourth-order valence-corrected chi connectivity index (χ4v) is 1.37. The highest BCUT2D eigenvalue weighted by Crippen LogP contribution is 1.99. The minimum absolute atomic E-state index is 0.143. The van der Waals surface area contributed by atoms with Crippen LogP contribution in [0.2, 0.25) is 0 Å². The lowest BCUT2D eigenvalue weighted by Crippen LogP contribution is -2.36. The number of rotatable bonds is 6. The van der Waals surface area contributed by atoms with E-state index in [-0.39, 0.29) is 5.91 Å². The smallest absolute Gasteiger partial charge is 0.269 e. The van der Waals surface area contributed by atoms with Gasteiger partial charge in [-0.25, -0.2) is 0 Å². The van der Waals surface area contributed by atoms with E-state index >= 15 is 0 Å². The summed E-state index contributed by atoms with van der Waals surface area (Å²) in [6.45, 7) is 6.12. The molecule has 0 radical (unpaired) electrons. The van der Waals surface area contributed by atoms with E-state index in [1.165, 1.54) is 0 Å². The zero-order chi connectivity index (χ0) is 13.5. The molecule has 1 heterocycles. The highest BCUT2D eigenvalue weighted by Gasteiger charge is 2.07. The van der Waals surface area contributed by atoms with Gasteiger partial charge in [-0.1, -0.05) is 6.07 Å². The summed E-state index contributed by atoms with van der Waals surface area (Å²) in [5, 5.41) is 2.85. The average Bonchev–Trinajstić information content (AvgIpc) is 2.38. The summed E-state index contributed by atoms with van der Waals surface area (Å²) in [5.74, 6) is -0.143. The summed E-state index contributed by atoms with van der Waals surface area (Å²) in [6.07, 6.45) is 1.63. The second-order valence-electron chi connectivity index (χ2n) is 4.59. The number of carbonyl (C=O) groups excluding carboxylic acids is 1. The molecular formula is C13H22N4O. The molecule has 0 aromatic carbocycles. The van der Waals surface area contributed by atoms with E-state index in [9.17, 15) is 4.79 Å². The van der Waals surface area contributed by atoms with Crippen molar-refractivity contribution in [2.75, 3.05) is 20.1 Å². The van der Waals surface area contributed by atoms with E-state index in [0.29, 0.717) is 24.8 Å². The molecule has 1 aromatic heterocycles. The average molecular weight is 250 g/mol. The van der Waals surface area contributed by atoms with Gasteiger partial charge >= 0.3 is 0 Å². The summed E-state index contributed by atoms with van der Waals surface area (Å²) in [4.78, 5) is 18.0. The molecule has 0 spiro atoms. The molecule has 0 fully saturated rings. The number of hydrogen-bond donors (Lipinski definition) is 2. The van der Waals surface area contributed by atoms with Gasteiger partial charge in [-0.3, -0.25) is 9.78 Å². The Morgan fingerprint density at radius 2 is 2.22 bits per heavy atom. The van der Waals surface area contributed by atoms with E-state index in [0.717, 1.165) is 12.1 Å². The number of nitrogens with two attached hydrogens (primary N) is 1. The van der Waals surface area contributed by atoms with E-state index in [1.807, 2.05) is 13.1 Å². The third-order valence-electron chi connectivity index (χ3n) is 2.92. The predicted molar refractivity (Wildman–Crippen MR) is 72.2 cm³/mol. The minimum Gasteiger partial charge on any atom is -0.349 e. The Hall–Kier alpha value is -1.46. The Kier molecular flexibility index (Phi) is 5.74. The number of nitrogens with one attached hydrogen (secondary N) is 1. The van der Waals surface area contributed by atoms with Gasteiger partial charge < -0.3 is 16.0 Å². The van der Waals surface area contributed by atoms with Crippen molar-refractivity contribution in [2.24, 2.45) is 5.73 Å². The molecule has 18 heavy (non-hydrogen) atoms. The van der Waals surface area contributed by atoms with Crippen molar-refractivity contribution in [1.29, 1.82) is 0 Å². The molecule has 0 saturated heterocycles. The largest absolute Gasteiger partial charge is 0.349 e. The van der Waals surface area contributed by atoms with Gasteiger partial charge in [-0.2, -0.15) is 0 Å². The quantitative estimate of drug-likeness (QED) is 0.776. The number of likely N-dealkylation sites (N-methyl/N-ethyl adjacent to an activating group) is 1. The molecule has 0 aliphatic rings. The van der Waals surface area contributed by atoms with E-state index in [2.05, 4.69) is 29.0 Å². The first-order chi connectivity index (χ1) is 8.54. The Bertz CT molecular complexity index is 375. The first-order valence-corrected chi connectivity index (χ1v) is 6.18. The fourth-order valence-electron chi connectivity index (χ4n) is 1.37. The lowest BCUT2D eigenvalue weighted by molar-refractivity contribution is 0.0943. The number of pyridine rings is 1. The van der Waals surface area contributed by atoms with Crippen molar-refractivity contribution in [3.8, 4) is 0 Å². The van der Waals surface area contributed by atoms with Crippen LogP contribution in [-0.2, 0) is 6.54 Å². The van der Waals surface area contributed by atoms with Gasteiger partial charge in [0.25, 0.3) is 5.91 Å². The third-order valence-corrected chi connectivity index (χ3v) is 2.92. The molecule has 1 amide bonds.